The monoisotopic (exact) mass is 404 g/mol. The highest BCUT2D eigenvalue weighted by atomic mass is 35.5. The van der Waals surface area contributed by atoms with Gasteiger partial charge in [0.05, 0.1) is 5.71 Å². The first-order chi connectivity index (χ1) is 12.4. The largest absolute Gasteiger partial charge is 0.272 e. The number of thiophene rings is 1. The van der Waals surface area contributed by atoms with E-state index in [1.54, 1.807) is 23.5 Å². The summed E-state index contributed by atoms with van der Waals surface area (Å²) in [5, 5.41) is 10.0. The average molecular weight is 405 g/mol. The van der Waals surface area contributed by atoms with E-state index in [1.165, 1.54) is 10.9 Å². The molecule has 0 N–H and O–H groups in total. The molecular formula is C20H22ClFN4S. The summed E-state index contributed by atoms with van der Waals surface area (Å²) in [6.45, 7) is 8.11. The molecule has 1 unspecified atom stereocenters. The molecule has 3 aromatic rings. The maximum Gasteiger partial charge on any atom is 0.163 e. The minimum atomic E-state index is -0.366. The fourth-order valence-electron chi connectivity index (χ4n) is 3.33. The van der Waals surface area contributed by atoms with Gasteiger partial charge in [-0.15, -0.1) is 21.5 Å². The van der Waals surface area contributed by atoms with Gasteiger partial charge in [0, 0.05) is 21.0 Å². The van der Waals surface area contributed by atoms with Crippen LogP contribution in [0.4, 0.5) is 4.39 Å². The summed E-state index contributed by atoms with van der Waals surface area (Å²) in [5.41, 5.74) is 3.18. The van der Waals surface area contributed by atoms with Gasteiger partial charge in [0.15, 0.2) is 5.82 Å². The second kappa shape index (κ2) is 7.17. The smallest absolute Gasteiger partial charge is 0.163 e. The molecule has 3 heterocycles. The van der Waals surface area contributed by atoms with E-state index in [1.807, 2.05) is 6.92 Å². The SMILES string of the molecule is C.CCC1N=C(c2ccc(Cl)cc2F)c2c(sc(C)c2C)-n2c(C)nnc21. The number of fused-ring (bicyclic) bond motifs is 3. The maximum absolute atomic E-state index is 14.8. The molecule has 0 fully saturated rings. The van der Waals surface area contributed by atoms with Gasteiger partial charge in [0.25, 0.3) is 0 Å². The van der Waals surface area contributed by atoms with Crippen LogP contribution >= 0.6 is 22.9 Å². The third-order valence-corrected chi connectivity index (χ3v) is 6.24. The number of rotatable bonds is 2. The fourth-order valence-corrected chi connectivity index (χ4v) is 4.70. The van der Waals surface area contributed by atoms with E-state index in [9.17, 15) is 4.39 Å². The third kappa shape index (κ3) is 3.01. The number of aromatic nitrogens is 3. The minimum Gasteiger partial charge on any atom is -0.272 e. The van der Waals surface area contributed by atoms with Gasteiger partial charge in [-0.25, -0.2) is 4.39 Å². The Balaban J connectivity index is 0.00000210. The van der Waals surface area contributed by atoms with E-state index in [4.69, 9.17) is 16.6 Å². The summed E-state index contributed by atoms with van der Waals surface area (Å²) in [6, 6.07) is 4.57. The molecule has 4 nitrogen and oxygen atoms in total. The van der Waals surface area contributed by atoms with Crippen LogP contribution in [0.5, 0.6) is 0 Å². The van der Waals surface area contributed by atoms with E-state index in [0.717, 1.165) is 34.2 Å². The van der Waals surface area contributed by atoms with Gasteiger partial charge in [-0.2, -0.15) is 0 Å². The van der Waals surface area contributed by atoms with Crippen LogP contribution in [0.3, 0.4) is 0 Å². The first-order valence-electron chi connectivity index (χ1n) is 8.48. The molecule has 1 aliphatic rings. The zero-order valence-electron chi connectivity index (χ0n) is 15.0. The molecular weight excluding hydrogens is 383 g/mol. The van der Waals surface area contributed by atoms with Crippen molar-refractivity contribution in [1.82, 2.24) is 14.8 Å². The summed E-state index contributed by atoms with van der Waals surface area (Å²) in [4.78, 5) is 6.11. The van der Waals surface area contributed by atoms with Crippen LogP contribution in [0.1, 0.15) is 60.0 Å². The molecule has 7 heteroatoms. The van der Waals surface area contributed by atoms with Crippen LogP contribution < -0.4 is 0 Å². The van der Waals surface area contributed by atoms with Crippen LogP contribution in [0.2, 0.25) is 5.02 Å². The molecule has 27 heavy (non-hydrogen) atoms. The molecule has 0 amide bonds. The van der Waals surface area contributed by atoms with Gasteiger partial charge in [0.1, 0.15) is 22.7 Å². The molecule has 0 spiro atoms. The predicted molar refractivity (Wildman–Crippen MR) is 110 cm³/mol. The quantitative estimate of drug-likeness (QED) is 0.526. The molecule has 0 saturated heterocycles. The van der Waals surface area contributed by atoms with Crippen molar-refractivity contribution in [2.24, 2.45) is 4.99 Å². The van der Waals surface area contributed by atoms with Crippen LogP contribution in [0.15, 0.2) is 23.2 Å². The van der Waals surface area contributed by atoms with E-state index in [0.29, 0.717) is 16.3 Å². The van der Waals surface area contributed by atoms with Gasteiger partial charge in [-0.05, 0) is 51.0 Å². The summed E-state index contributed by atoms with van der Waals surface area (Å²) < 4.78 is 16.8. The summed E-state index contributed by atoms with van der Waals surface area (Å²) in [7, 11) is 0. The molecule has 0 aliphatic carbocycles. The Hall–Kier alpha value is -2.05. The number of aryl methyl sites for hydroxylation is 2. The Kier molecular flexibility index (Phi) is 5.23. The molecule has 0 radical (unpaired) electrons. The van der Waals surface area contributed by atoms with Gasteiger partial charge in [0.2, 0.25) is 0 Å². The van der Waals surface area contributed by atoms with Crippen molar-refractivity contribution in [3.8, 4) is 5.00 Å². The third-order valence-electron chi connectivity index (χ3n) is 4.81. The molecule has 0 bridgehead atoms. The zero-order valence-corrected chi connectivity index (χ0v) is 16.5. The fraction of sp³-hybridized carbons (Fsp3) is 0.350. The molecule has 142 valence electrons. The van der Waals surface area contributed by atoms with Crippen molar-refractivity contribution in [3.05, 3.63) is 62.3 Å². The van der Waals surface area contributed by atoms with E-state index in [2.05, 4.69) is 35.5 Å². The lowest BCUT2D eigenvalue weighted by Gasteiger charge is -2.11. The number of nitrogens with zero attached hydrogens (tertiary/aromatic N) is 4. The van der Waals surface area contributed by atoms with Crippen molar-refractivity contribution < 1.29 is 4.39 Å². The van der Waals surface area contributed by atoms with Gasteiger partial charge in [-0.1, -0.05) is 26.0 Å². The lowest BCUT2D eigenvalue weighted by Crippen LogP contribution is -2.09. The zero-order chi connectivity index (χ0) is 18.6. The van der Waals surface area contributed by atoms with Crippen molar-refractivity contribution in [2.75, 3.05) is 0 Å². The molecule has 2 aromatic heterocycles. The second-order valence-corrected chi connectivity index (χ2v) is 8.07. The summed E-state index contributed by atoms with van der Waals surface area (Å²) in [6.07, 6.45) is 0.754. The highest BCUT2D eigenvalue weighted by Gasteiger charge is 2.31. The molecule has 1 aromatic carbocycles. The normalized spacial score (nSPS) is 15.5. The Labute approximate surface area is 167 Å². The molecule has 1 atom stereocenters. The van der Waals surface area contributed by atoms with Crippen molar-refractivity contribution in [2.45, 2.75) is 47.6 Å². The van der Waals surface area contributed by atoms with Crippen LogP contribution in [-0.2, 0) is 0 Å². The van der Waals surface area contributed by atoms with Crippen LogP contribution in [0.25, 0.3) is 5.00 Å². The summed E-state index contributed by atoms with van der Waals surface area (Å²) in [5.74, 6) is 1.25. The maximum atomic E-state index is 14.8. The van der Waals surface area contributed by atoms with Gasteiger partial charge < -0.3 is 0 Å². The topological polar surface area (TPSA) is 43.1 Å². The number of hydrogen-bond acceptors (Lipinski definition) is 4. The summed E-state index contributed by atoms with van der Waals surface area (Å²) >= 11 is 7.62. The first kappa shape index (κ1) is 19.7. The second-order valence-electron chi connectivity index (χ2n) is 6.43. The van der Waals surface area contributed by atoms with E-state index < -0.39 is 0 Å². The predicted octanol–water partition coefficient (Wildman–Crippen LogP) is 5.98. The Morgan fingerprint density at radius 1 is 1.22 bits per heavy atom. The number of halogens is 2. The molecule has 1 aliphatic heterocycles. The van der Waals surface area contributed by atoms with Crippen LogP contribution in [-0.4, -0.2) is 20.5 Å². The lowest BCUT2D eigenvalue weighted by molar-refractivity contribution is 0.622. The Morgan fingerprint density at radius 3 is 2.63 bits per heavy atom. The Bertz CT molecular complexity index is 1050. The van der Waals surface area contributed by atoms with Crippen molar-refractivity contribution in [3.63, 3.8) is 0 Å². The molecule has 0 saturated carbocycles. The van der Waals surface area contributed by atoms with Crippen molar-refractivity contribution in [1.29, 1.82) is 0 Å². The average Bonchev–Trinajstić information content (AvgIpc) is 3.06. The van der Waals surface area contributed by atoms with E-state index in [-0.39, 0.29) is 19.3 Å². The Morgan fingerprint density at radius 2 is 1.96 bits per heavy atom. The van der Waals surface area contributed by atoms with E-state index >= 15 is 0 Å². The number of benzene rings is 1. The highest BCUT2D eigenvalue weighted by molar-refractivity contribution is 7.15. The number of hydrogen-bond donors (Lipinski definition) is 0. The standard InChI is InChI=1S/C19H18ClFN4S.CH4/c1-5-15-18-24-23-11(4)25(18)19-16(9(2)10(3)26-19)17(22-15)13-7-6-12(20)8-14(13)21;/h6-8,15H,5H2,1-4H3;1H4. The molecule has 4 rings (SSSR count). The van der Waals surface area contributed by atoms with Gasteiger partial charge in [-0.3, -0.25) is 9.56 Å². The lowest BCUT2D eigenvalue weighted by atomic mass is 9.99. The van der Waals surface area contributed by atoms with Gasteiger partial charge >= 0.3 is 0 Å². The first-order valence-corrected chi connectivity index (χ1v) is 9.67. The minimum absolute atomic E-state index is 0. The highest BCUT2D eigenvalue weighted by Crippen LogP contribution is 2.39. The van der Waals surface area contributed by atoms with Crippen molar-refractivity contribution >= 4 is 28.6 Å². The number of aliphatic imine (C=N–C) groups is 1. The van der Waals surface area contributed by atoms with Crippen LogP contribution in [0, 0.1) is 26.6 Å².